The molecule has 0 atom stereocenters. The molecular formula is C21H29NO5. The number of carbonyl (C=O) groups is 2. The normalized spacial score (nSPS) is 18.9. The van der Waals surface area contributed by atoms with Crippen LogP contribution < -0.4 is 9.47 Å². The smallest absolute Gasteiger partial charge is 0.341 e. The fraction of sp³-hybridized carbons (Fsp3) is 0.619. The number of nitrogens with zero attached hydrogens (tertiary/aromatic N) is 1. The van der Waals surface area contributed by atoms with Crippen LogP contribution in [0.3, 0.4) is 0 Å². The molecule has 27 heavy (non-hydrogen) atoms. The van der Waals surface area contributed by atoms with Gasteiger partial charge in [0.2, 0.25) is 0 Å². The largest absolute Gasteiger partial charge is 0.490 e. The molecule has 1 aromatic rings. The summed E-state index contributed by atoms with van der Waals surface area (Å²) in [5.41, 5.74) is 1.01. The van der Waals surface area contributed by atoms with Crippen molar-refractivity contribution in [2.75, 3.05) is 26.3 Å². The molecule has 1 heterocycles. The second kappa shape index (κ2) is 8.63. The topological polar surface area (TPSA) is 76.1 Å². The summed E-state index contributed by atoms with van der Waals surface area (Å²) in [5, 5.41) is 8.79. The third-order valence-electron chi connectivity index (χ3n) is 5.87. The summed E-state index contributed by atoms with van der Waals surface area (Å²) >= 11 is 0. The molecule has 6 nitrogen and oxygen atoms in total. The Morgan fingerprint density at radius 3 is 2.37 bits per heavy atom. The van der Waals surface area contributed by atoms with Gasteiger partial charge in [-0.05, 0) is 56.2 Å². The molecule has 2 aliphatic rings. The Bertz CT molecular complexity index is 671. The van der Waals surface area contributed by atoms with E-state index in [0.29, 0.717) is 29.1 Å². The number of benzene rings is 1. The van der Waals surface area contributed by atoms with Crippen LogP contribution in [0.1, 0.15) is 62.2 Å². The Kier molecular flexibility index (Phi) is 6.24. The summed E-state index contributed by atoms with van der Waals surface area (Å²) in [6, 6.07) is 4.97. The summed E-state index contributed by atoms with van der Waals surface area (Å²) in [6.45, 7) is 3.42. The Hall–Kier alpha value is -2.24. The van der Waals surface area contributed by atoms with E-state index in [2.05, 4.69) is 0 Å². The molecule has 1 N–H and O–H groups in total. The number of hydrogen-bond donors (Lipinski definition) is 1. The van der Waals surface area contributed by atoms with E-state index in [0.717, 1.165) is 25.9 Å². The van der Waals surface area contributed by atoms with Gasteiger partial charge < -0.3 is 19.5 Å². The van der Waals surface area contributed by atoms with Gasteiger partial charge in [0.1, 0.15) is 0 Å². The molecule has 2 fully saturated rings. The van der Waals surface area contributed by atoms with Gasteiger partial charge in [-0.25, -0.2) is 4.79 Å². The van der Waals surface area contributed by atoms with Gasteiger partial charge in [0, 0.05) is 18.7 Å². The van der Waals surface area contributed by atoms with Gasteiger partial charge >= 0.3 is 5.97 Å². The minimum absolute atomic E-state index is 0.00592. The lowest BCUT2D eigenvalue weighted by Crippen LogP contribution is -2.43. The second-order valence-electron chi connectivity index (χ2n) is 7.63. The molecule has 1 saturated heterocycles. The lowest BCUT2D eigenvalue weighted by molar-refractivity contribution is -0.139. The predicted molar refractivity (Wildman–Crippen MR) is 101 cm³/mol. The van der Waals surface area contributed by atoms with Crippen LogP contribution in [-0.2, 0) is 4.79 Å². The molecule has 1 spiro atoms. The SMILES string of the molecule is CCOc1cc(C(=O)N2CCC3(CCCCC3)CC2)ccc1OCC(=O)O. The fourth-order valence-corrected chi connectivity index (χ4v) is 4.34. The number of aliphatic carboxylic acids is 1. The molecule has 1 aromatic carbocycles. The monoisotopic (exact) mass is 375 g/mol. The highest BCUT2D eigenvalue weighted by molar-refractivity contribution is 5.95. The van der Waals surface area contributed by atoms with Crippen molar-refractivity contribution in [3.63, 3.8) is 0 Å². The van der Waals surface area contributed by atoms with E-state index in [1.165, 1.54) is 32.1 Å². The predicted octanol–water partition coefficient (Wildman–Crippen LogP) is 3.74. The van der Waals surface area contributed by atoms with Crippen molar-refractivity contribution in [3.05, 3.63) is 23.8 Å². The summed E-state index contributed by atoms with van der Waals surface area (Å²) in [5.74, 6) is -0.296. The van der Waals surface area contributed by atoms with Gasteiger partial charge in [0.25, 0.3) is 5.91 Å². The minimum atomic E-state index is -1.05. The number of ether oxygens (including phenoxy) is 2. The van der Waals surface area contributed by atoms with Crippen molar-refractivity contribution in [2.24, 2.45) is 5.41 Å². The lowest BCUT2D eigenvalue weighted by atomic mass is 9.68. The first-order valence-electron chi connectivity index (χ1n) is 9.94. The number of rotatable bonds is 6. The van der Waals surface area contributed by atoms with Crippen molar-refractivity contribution < 1.29 is 24.2 Å². The van der Waals surface area contributed by atoms with Crippen molar-refractivity contribution >= 4 is 11.9 Å². The summed E-state index contributed by atoms with van der Waals surface area (Å²) < 4.78 is 10.8. The molecule has 0 unspecified atom stereocenters. The van der Waals surface area contributed by atoms with Crippen LogP contribution in [0, 0.1) is 5.41 Å². The van der Waals surface area contributed by atoms with Crippen LogP contribution in [0.2, 0.25) is 0 Å². The quantitative estimate of drug-likeness (QED) is 0.820. The molecule has 148 valence electrons. The highest BCUT2D eigenvalue weighted by Crippen LogP contribution is 2.44. The van der Waals surface area contributed by atoms with Crippen LogP contribution in [0.4, 0.5) is 0 Å². The van der Waals surface area contributed by atoms with Crippen LogP contribution in [0.15, 0.2) is 18.2 Å². The van der Waals surface area contributed by atoms with E-state index in [1.807, 2.05) is 11.8 Å². The maximum atomic E-state index is 12.9. The zero-order valence-corrected chi connectivity index (χ0v) is 16.0. The second-order valence-corrected chi connectivity index (χ2v) is 7.63. The van der Waals surface area contributed by atoms with Crippen LogP contribution in [0.25, 0.3) is 0 Å². The summed E-state index contributed by atoms with van der Waals surface area (Å²) in [4.78, 5) is 25.6. The van der Waals surface area contributed by atoms with Crippen LogP contribution in [0.5, 0.6) is 11.5 Å². The van der Waals surface area contributed by atoms with Crippen LogP contribution in [-0.4, -0.2) is 48.2 Å². The molecule has 1 amide bonds. The molecule has 0 aromatic heterocycles. The zero-order valence-electron chi connectivity index (χ0n) is 16.0. The lowest BCUT2D eigenvalue weighted by Gasteiger charge is -2.44. The molecule has 1 aliphatic carbocycles. The Morgan fingerprint density at radius 2 is 1.74 bits per heavy atom. The maximum Gasteiger partial charge on any atom is 0.341 e. The molecule has 3 rings (SSSR count). The van der Waals surface area contributed by atoms with Crippen molar-refractivity contribution in [3.8, 4) is 11.5 Å². The van der Waals surface area contributed by atoms with E-state index in [1.54, 1.807) is 18.2 Å². The van der Waals surface area contributed by atoms with Crippen molar-refractivity contribution in [1.82, 2.24) is 4.90 Å². The number of carboxylic acid groups (broad SMARTS) is 1. The van der Waals surface area contributed by atoms with E-state index in [4.69, 9.17) is 14.6 Å². The van der Waals surface area contributed by atoms with Gasteiger partial charge in [-0.1, -0.05) is 19.3 Å². The molecule has 0 bridgehead atoms. The van der Waals surface area contributed by atoms with E-state index in [-0.39, 0.29) is 5.91 Å². The van der Waals surface area contributed by atoms with Crippen molar-refractivity contribution in [2.45, 2.75) is 51.9 Å². The fourth-order valence-electron chi connectivity index (χ4n) is 4.34. The van der Waals surface area contributed by atoms with E-state index >= 15 is 0 Å². The van der Waals surface area contributed by atoms with Gasteiger partial charge in [-0.2, -0.15) is 0 Å². The standard InChI is InChI=1S/C21H29NO5/c1-2-26-18-14-16(6-7-17(18)27-15-19(23)24)20(25)22-12-10-21(11-13-22)8-4-3-5-9-21/h6-7,14H,2-5,8-13,15H2,1H3,(H,23,24). The zero-order chi connectivity index (χ0) is 19.3. The van der Waals surface area contributed by atoms with Gasteiger partial charge in [-0.3, -0.25) is 4.79 Å². The van der Waals surface area contributed by atoms with Gasteiger partial charge in [0.15, 0.2) is 18.1 Å². The number of amides is 1. The Morgan fingerprint density at radius 1 is 1.04 bits per heavy atom. The third kappa shape index (κ3) is 4.73. The average molecular weight is 375 g/mol. The molecule has 1 aliphatic heterocycles. The first-order chi connectivity index (χ1) is 13.0. The number of piperidine rings is 1. The van der Waals surface area contributed by atoms with E-state index < -0.39 is 12.6 Å². The maximum absolute atomic E-state index is 12.9. The first kappa shape index (κ1) is 19.5. The summed E-state index contributed by atoms with van der Waals surface area (Å²) in [7, 11) is 0. The highest BCUT2D eigenvalue weighted by atomic mass is 16.5. The van der Waals surface area contributed by atoms with E-state index in [9.17, 15) is 9.59 Å². The highest BCUT2D eigenvalue weighted by Gasteiger charge is 2.36. The van der Waals surface area contributed by atoms with Gasteiger partial charge in [-0.15, -0.1) is 0 Å². The molecule has 0 radical (unpaired) electrons. The average Bonchev–Trinajstić information content (AvgIpc) is 2.68. The van der Waals surface area contributed by atoms with Gasteiger partial charge in [0.05, 0.1) is 6.61 Å². The Labute approximate surface area is 160 Å². The number of carbonyl (C=O) groups excluding carboxylic acids is 1. The molecular weight excluding hydrogens is 346 g/mol. The van der Waals surface area contributed by atoms with Crippen LogP contribution >= 0.6 is 0 Å². The summed E-state index contributed by atoms with van der Waals surface area (Å²) in [6.07, 6.45) is 8.79. The number of hydrogen-bond acceptors (Lipinski definition) is 4. The number of carboxylic acids is 1. The first-order valence-corrected chi connectivity index (χ1v) is 9.94. The minimum Gasteiger partial charge on any atom is -0.490 e. The molecule has 1 saturated carbocycles. The Balaban J connectivity index is 1.67. The van der Waals surface area contributed by atoms with Crippen molar-refractivity contribution in [1.29, 1.82) is 0 Å². The molecule has 6 heteroatoms. The number of likely N-dealkylation sites (tertiary alicyclic amines) is 1. The third-order valence-corrected chi connectivity index (χ3v) is 5.87.